The lowest BCUT2D eigenvalue weighted by Crippen LogP contribution is -1.88. The highest BCUT2D eigenvalue weighted by Crippen LogP contribution is 2.25. The highest BCUT2D eigenvalue weighted by molar-refractivity contribution is 6.32. The molecule has 0 atom stereocenters. The van der Waals surface area contributed by atoms with Crippen molar-refractivity contribution in [2.75, 3.05) is 7.11 Å². The number of carbonyl (C=O) groups is 1. The number of hydrogen-bond acceptors (Lipinski definition) is 2. The molecule has 1 rings (SSSR count). The Morgan fingerprint density at radius 2 is 2.31 bits per heavy atom. The standard InChI is InChI=1S/C10H11ClO2/c1-13-10-5-4-8(3-2-6-12)7-9(10)11/h4-7H,2-3H2,1H3. The van der Waals surface area contributed by atoms with Gasteiger partial charge in [-0.2, -0.15) is 0 Å². The molecular formula is C10H11ClO2. The second kappa shape index (κ2) is 4.87. The highest BCUT2D eigenvalue weighted by atomic mass is 35.5. The lowest BCUT2D eigenvalue weighted by Gasteiger charge is -2.04. The van der Waals surface area contributed by atoms with Gasteiger partial charge < -0.3 is 9.53 Å². The fraction of sp³-hybridized carbons (Fsp3) is 0.300. The van der Waals surface area contributed by atoms with Gasteiger partial charge in [-0.25, -0.2) is 0 Å². The quantitative estimate of drug-likeness (QED) is 0.695. The molecule has 2 nitrogen and oxygen atoms in total. The molecule has 0 aliphatic heterocycles. The van der Waals surface area contributed by atoms with Gasteiger partial charge in [0.25, 0.3) is 0 Å². The number of rotatable bonds is 4. The van der Waals surface area contributed by atoms with Crippen LogP contribution in [0.15, 0.2) is 18.2 Å². The van der Waals surface area contributed by atoms with Gasteiger partial charge in [0.1, 0.15) is 12.0 Å². The monoisotopic (exact) mass is 198 g/mol. The average Bonchev–Trinajstić information content (AvgIpc) is 2.15. The van der Waals surface area contributed by atoms with E-state index >= 15 is 0 Å². The van der Waals surface area contributed by atoms with Gasteiger partial charge in [-0.3, -0.25) is 0 Å². The van der Waals surface area contributed by atoms with Crippen molar-refractivity contribution in [1.82, 2.24) is 0 Å². The van der Waals surface area contributed by atoms with E-state index in [1.807, 2.05) is 18.2 Å². The smallest absolute Gasteiger partial charge is 0.137 e. The van der Waals surface area contributed by atoms with Gasteiger partial charge in [-0.15, -0.1) is 0 Å². The minimum absolute atomic E-state index is 0.530. The van der Waals surface area contributed by atoms with E-state index in [0.717, 1.165) is 18.3 Å². The van der Waals surface area contributed by atoms with Crippen molar-refractivity contribution in [3.8, 4) is 5.75 Å². The zero-order valence-corrected chi connectivity index (χ0v) is 8.17. The van der Waals surface area contributed by atoms with Crippen molar-refractivity contribution in [2.24, 2.45) is 0 Å². The lowest BCUT2D eigenvalue weighted by atomic mass is 10.1. The molecule has 0 aliphatic carbocycles. The molecule has 0 N–H and O–H groups in total. The minimum atomic E-state index is 0.530. The SMILES string of the molecule is COc1ccc(CCC=O)cc1Cl. The Morgan fingerprint density at radius 3 is 2.85 bits per heavy atom. The van der Waals surface area contributed by atoms with E-state index in [2.05, 4.69) is 0 Å². The maximum Gasteiger partial charge on any atom is 0.137 e. The van der Waals surface area contributed by atoms with E-state index in [0.29, 0.717) is 17.2 Å². The predicted octanol–water partition coefficient (Wildman–Crippen LogP) is 2.48. The van der Waals surface area contributed by atoms with Crippen molar-refractivity contribution < 1.29 is 9.53 Å². The third-order valence-electron chi connectivity index (χ3n) is 1.77. The summed E-state index contributed by atoms with van der Waals surface area (Å²) in [4.78, 5) is 10.1. The van der Waals surface area contributed by atoms with Crippen LogP contribution in [-0.2, 0) is 11.2 Å². The van der Waals surface area contributed by atoms with Gasteiger partial charge in [0.15, 0.2) is 0 Å². The molecule has 0 spiro atoms. The molecule has 0 unspecified atom stereocenters. The van der Waals surface area contributed by atoms with E-state index in [-0.39, 0.29) is 0 Å². The van der Waals surface area contributed by atoms with Crippen LogP contribution in [0.1, 0.15) is 12.0 Å². The van der Waals surface area contributed by atoms with Crippen LogP contribution in [0.4, 0.5) is 0 Å². The number of benzene rings is 1. The summed E-state index contributed by atoms with van der Waals surface area (Å²) < 4.78 is 5.00. The van der Waals surface area contributed by atoms with Crippen molar-refractivity contribution in [1.29, 1.82) is 0 Å². The van der Waals surface area contributed by atoms with Crippen LogP contribution in [0.5, 0.6) is 5.75 Å². The number of aldehydes is 1. The van der Waals surface area contributed by atoms with E-state index in [4.69, 9.17) is 16.3 Å². The minimum Gasteiger partial charge on any atom is -0.495 e. The maximum absolute atomic E-state index is 10.1. The van der Waals surface area contributed by atoms with Crippen LogP contribution in [-0.4, -0.2) is 13.4 Å². The van der Waals surface area contributed by atoms with Gasteiger partial charge >= 0.3 is 0 Å². The Labute approximate surface area is 82.5 Å². The molecule has 0 aliphatic rings. The summed E-state index contributed by atoms with van der Waals surface area (Å²) in [7, 11) is 1.58. The first kappa shape index (κ1) is 10.1. The second-order valence-electron chi connectivity index (χ2n) is 2.67. The summed E-state index contributed by atoms with van der Waals surface area (Å²) in [5.41, 5.74) is 1.05. The first-order valence-electron chi connectivity index (χ1n) is 4.04. The molecule has 70 valence electrons. The van der Waals surface area contributed by atoms with Crippen LogP contribution in [0.3, 0.4) is 0 Å². The first-order chi connectivity index (χ1) is 6.27. The van der Waals surface area contributed by atoms with Gasteiger partial charge in [0, 0.05) is 6.42 Å². The number of ether oxygens (including phenoxy) is 1. The number of aryl methyl sites for hydroxylation is 1. The van der Waals surface area contributed by atoms with E-state index in [9.17, 15) is 4.79 Å². The van der Waals surface area contributed by atoms with E-state index in [1.54, 1.807) is 7.11 Å². The largest absolute Gasteiger partial charge is 0.495 e. The molecule has 13 heavy (non-hydrogen) atoms. The Hall–Kier alpha value is -1.02. The predicted molar refractivity (Wildman–Crippen MR) is 52.4 cm³/mol. The Bertz CT molecular complexity index is 297. The van der Waals surface area contributed by atoms with Crippen LogP contribution < -0.4 is 4.74 Å². The van der Waals surface area contributed by atoms with Crippen molar-refractivity contribution in [3.05, 3.63) is 28.8 Å². The molecule has 0 saturated carbocycles. The Balaban J connectivity index is 2.76. The molecule has 1 aromatic rings. The normalized spacial score (nSPS) is 9.69. The lowest BCUT2D eigenvalue weighted by molar-refractivity contribution is -0.107. The van der Waals surface area contributed by atoms with Gasteiger partial charge in [-0.05, 0) is 24.1 Å². The zero-order valence-electron chi connectivity index (χ0n) is 7.42. The summed E-state index contributed by atoms with van der Waals surface area (Å²) >= 11 is 5.90. The van der Waals surface area contributed by atoms with Crippen molar-refractivity contribution in [3.63, 3.8) is 0 Å². The van der Waals surface area contributed by atoms with Crippen LogP contribution in [0, 0.1) is 0 Å². The molecular weight excluding hydrogens is 188 g/mol. The number of halogens is 1. The highest BCUT2D eigenvalue weighted by Gasteiger charge is 2.00. The summed E-state index contributed by atoms with van der Waals surface area (Å²) in [6.45, 7) is 0. The van der Waals surface area contributed by atoms with Gasteiger partial charge in [0.05, 0.1) is 12.1 Å². The molecule has 0 bridgehead atoms. The summed E-state index contributed by atoms with van der Waals surface area (Å²) in [6.07, 6.45) is 2.16. The number of hydrogen-bond donors (Lipinski definition) is 0. The molecule has 0 amide bonds. The fourth-order valence-corrected chi connectivity index (χ4v) is 1.37. The Morgan fingerprint density at radius 1 is 1.54 bits per heavy atom. The number of carbonyl (C=O) groups excluding carboxylic acids is 1. The van der Waals surface area contributed by atoms with E-state index < -0.39 is 0 Å². The third kappa shape index (κ3) is 2.74. The summed E-state index contributed by atoms with van der Waals surface area (Å²) in [5.74, 6) is 0.663. The maximum atomic E-state index is 10.1. The molecule has 0 aromatic heterocycles. The average molecular weight is 199 g/mol. The summed E-state index contributed by atoms with van der Waals surface area (Å²) in [6, 6.07) is 5.54. The molecule has 0 heterocycles. The number of methoxy groups -OCH3 is 1. The van der Waals surface area contributed by atoms with Crippen LogP contribution in [0.25, 0.3) is 0 Å². The van der Waals surface area contributed by atoms with E-state index in [1.165, 1.54) is 0 Å². The summed E-state index contributed by atoms with van der Waals surface area (Å²) in [5, 5.41) is 0.589. The molecule has 0 radical (unpaired) electrons. The van der Waals surface area contributed by atoms with Crippen molar-refractivity contribution in [2.45, 2.75) is 12.8 Å². The molecule has 3 heteroatoms. The fourth-order valence-electron chi connectivity index (χ4n) is 1.09. The second-order valence-corrected chi connectivity index (χ2v) is 3.08. The van der Waals surface area contributed by atoms with Crippen LogP contribution in [0.2, 0.25) is 5.02 Å². The topological polar surface area (TPSA) is 26.3 Å². The molecule has 1 aromatic carbocycles. The first-order valence-corrected chi connectivity index (χ1v) is 4.41. The van der Waals surface area contributed by atoms with Crippen molar-refractivity contribution >= 4 is 17.9 Å². The molecule has 0 saturated heterocycles. The molecule has 0 fully saturated rings. The van der Waals surface area contributed by atoms with Crippen LogP contribution >= 0.6 is 11.6 Å². The Kier molecular flexibility index (Phi) is 3.77. The van der Waals surface area contributed by atoms with Gasteiger partial charge in [0.2, 0.25) is 0 Å². The zero-order chi connectivity index (χ0) is 9.68. The van der Waals surface area contributed by atoms with Gasteiger partial charge in [-0.1, -0.05) is 17.7 Å². The third-order valence-corrected chi connectivity index (χ3v) is 2.06.